The standard InChI is InChI=1S/C17H17N3O/c1-10-7-11(2)16-13(8-10)14-9-12(3)19-20(14)17(18-16)15-5-4-6-21-15/h4-9,17-18H,1-3H3/t17-/m0/s1. The van der Waals surface area contributed by atoms with Crippen LogP contribution in [0.4, 0.5) is 5.69 Å². The fraction of sp³-hybridized carbons (Fsp3) is 0.235. The van der Waals surface area contributed by atoms with Crippen LogP contribution in [-0.2, 0) is 0 Å². The van der Waals surface area contributed by atoms with Crippen molar-refractivity contribution < 1.29 is 4.42 Å². The highest BCUT2D eigenvalue weighted by atomic mass is 16.3. The number of nitrogens with one attached hydrogen (secondary N) is 1. The molecule has 3 aromatic rings. The fourth-order valence-electron chi connectivity index (χ4n) is 3.11. The third-order valence-electron chi connectivity index (χ3n) is 3.95. The molecular weight excluding hydrogens is 262 g/mol. The Morgan fingerprint density at radius 3 is 2.81 bits per heavy atom. The van der Waals surface area contributed by atoms with E-state index in [9.17, 15) is 0 Å². The molecule has 0 saturated carbocycles. The van der Waals surface area contributed by atoms with Crippen LogP contribution in [0.3, 0.4) is 0 Å². The summed E-state index contributed by atoms with van der Waals surface area (Å²) in [6.07, 6.45) is 1.60. The van der Waals surface area contributed by atoms with E-state index in [4.69, 9.17) is 4.42 Å². The van der Waals surface area contributed by atoms with E-state index in [0.29, 0.717) is 0 Å². The molecule has 21 heavy (non-hydrogen) atoms. The van der Waals surface area contributed by atoms with E-state index in [0.717, 1.165) is 22.8 Å². The highest BCUT2D eigenvalue weighted by Crippen LogP contribution is 2.40. The first-order valence-corrected chi connectivity index (χ1v) is 7.11. The van der Waals surface area contributed by atoms with Gasteiger partial charge in [0.05, 0.1) is 17.7 Å². The first-order chi connectivity index (χ1) is 10.1. The van der Waals surface area contributed by atoms with Gasteiger partial charge >= 0.3 is 0 Å². The van der Waals surface area contributed by atoms with Crippen molar-refractivity contribution in [3.05, 3.63) is 59.2 Å². The maximum Gasteiger partial charge on any atom is 0.180 e. The van der Waals surface area contributed by atoms with Crippen molar-refractivity contribution >= 4 is 5.69 Å². The van der Waals surface area contributed by atoms with Crippen LogP contribution in [0.5, 0.6) is 0 Å². The highest BCUT2D eigenvalue weighted by molar-refractivity contribution is 5.81. The zero-order valence-electron chi connectivity index (χ0n) is 12.3. The molecule has 4 nitrogen and oxygen atoms in total. The van der Waals surface area contributed by atoms with Crippen LogP contribution in [-0.4, -0.2) is 9.78 Å². The van der Waals surface area contributed by atoms with Crippen LogP contribution in [0.15, 0.2) is 41.0 Å². The van der Waals surface area contributed by atoms with Gasteiger partial charge in [0.1, 0.15) is 5.76 Å². The minimum Gasteiger partial charge on any atom is -0.465 e. The lowest BCUT2D eigenvalue weighted by Gasteiger charge is -2.29. The molecule has 1 aromatic carbocycles. The second-order valence-corrected chi connectivity index (χ2v) is 5.68. The molecule has 106 valence electrons. The molecule has 1 atom stereocenters. The van der Waals surface area contributed by atoms with Crippen molar-refractivity contribution in [1.29, 1.82) is 0 Å². The summed E-state index contributed by atoms with van der Waals surface area (Å²) in [5.41, 5.74) is 7.01. The Morgan fingerprint density at radius 2 is 2.05 bits per heavy atom. The molecule has 0 radical (unpaired) electrons. The van der Waals surface area contributed by atoms with Crippen LogP contribution < -0.4 is 5.32 Å². The summed E-state index contributed by atoms with van der Waals surface area (Å²) < 4.78 is 7.60. The molecular formula is C17H17N3O. The van der Waals surface area contributed by atoms with Gasteiger partial charge in [-0.2, -0.15) is 5.10 Å². The van der Waals surface area contributed by atoms with E-state index in [2.05, 4.69) is 42.5 Å². The number of anilines is 1. The van der Waals surface area contributed by atoms with Gasteiger partial charge in [0.15, 0.2) is 6.17 Å². The molecule has 1 N–H and O–H groups in total. The quantitative estimate of drug-likeness (QED) is 0.731. The maximum absolute atomic E-state index is 5.59. The molecule has 0 fully saturated rings. The summed E-state index contributed by atoms with van der Waals surface area (Å²) >= 11 is 0. The summed E-state index contributed by atoms with van der Waals surface area (Å²) in [6.45, 7) is 6.28. The zero-order valence-corrected chi connectivity index (χ0v) is 12.3. The highest BCUT2D eigenvalue weighted by Gasteiger charge is 2.29. The van der Waals surface area contributed by atoms with E-state index in [1.807, 2.05) is 23.7 Å². The minimum atomic E-state index is -0.0994. The van der Waals surface area contributed by atoms with E-state index in [1.165, 1.54) is 16.7 Å². The lowest BCUT2D eigenvalue weighted by molar-refractivity contribution is 0.430. The fourth-order valence-corrected chi connectivity index (χ4v) is 3.11. The Kier molecular flexibility index (Phi) is 2.48. The SMILES string of the molecule is Cc1cc(C)c2c(c1)-c1cc(C)nn1[C@@H](c1ccco1)N2. The molecule has 4 rings (SSSR count). The Labute approximate surface area is 123 Å². The van der Waals surface area contributed by atoms with Crippen LogP contribution in [0.2, 0.25) is 0 Å². The zero-order chi connectivity index (χ0) is 14.6. The number of furan rings is 1. The number of aryl methyl sites for hydroxylation is 3. The largest absolute Gasteiger partial charge is 0.465 e. The Bertz CT molecular complexity index is 815. The summed E-state index contributed by atoms with van der Waals surface area (Å²) in [6, 6.07) is 10.4. The molecule has 1 aliphatic rings. The Hall–Kier alpha value is -2.49. The number of hydrogen-bond acceptors (Lipinski definition) is 3. The van der Waals surface area contributed by atoms with Crippen molar-refractivity contribution in [1.82, 2.24) is 9.78 Å². The number of nitrogens with zero attached hydrogens (tertiary/aromatic N) is 2. The average Bonchev–Trinajstić information content (AvgIpc) is 3.06. The van der Waals surface area contributed by atoms with Gasteiger partial charge in [-0.1, -0.05) is 11.6 Å². The number of rotatable bonds is 1. The van der Waals surface area contributed by atoms with Crippen LogP contribution in [0.1, 0.15) is 28.7 Å². The summed E-state index contributed by atoms with van der Waals surface area (Å²) in [5, 5.41) is 8.21. The molecule has 0 amide bonds. The molecule has 0 spiro atoms. The van der Waals surface area contributed by atoms with Gasteiger partial charge in [-0.15, -0.1) is 0 Å². The van der Waals surface area contributed by atoms with Crippen molar-refractivity contribution in [3.8, 4) is 11.3 Å². The first-order valence-electron chi connectivity index (χ1n) is 7.11. The third-order valence-corrected chi connectivity index (χ3v) is 3.95. The molecule has 0 aliphatic carbocycles. The van der Waals surface area contributed by atoms with E-state index < -0.39 is 0 Å². The van der Waals surface area contributed by atoms with Gasteiger partial charge in [-0.3, -0.25) is 0 Å². The summed E-state index contributed by atoms with van der Waals surface area (Å²) in [4.78, 5) is 0. The topological polar surface area (TPSA) is 43.0 Å². The molecule has 1 aliphatic heterocycles. The van der Waals surface area contributed by atoms with E-state index in [1.54, 1.807) is 6.26 Å². The van der Waals surface area contributed by atoms with Crippen LogP contribution in [0.25, 0.3) is 11.3 Å². The smallest absolute Gasteiger partial charge is 0.180 e. The normalized spacial score (nSPS) is 16.2. The molecule has 3 heterocycles. The monoisotopic (exact) mass is 279 g/mol. The lowest BCUT2D eigenvalue weighted by Crippen LogP contribution is -2.25. The summed E-state index contributed by atoms with van der Waals surface area (Å²) in [5.74, 6) is 0.866. The van der Waals surface area contributed by atoms with Gasteiger partial charge in [0.25, 0.3) is 0 Å². The molecule has 0 saturated heterocycles. The molecule has 0 bridgehead atoms. The number of fused-ring (bicyclic) bond motifs is 3. The van der Waals surface area contributed by atoms with Gasteiger partial charge in [0.2, 0.25) is 0 Å². The molecule has 4 heteroatoms. The third kappa shape index (κ3) is 1.79. The van der Waals surface area contributed by atoms with Crippen molar-refractivity contribution in [3.63, 3.8) is 0 Å². The predicted octanol–water partition coefficient (Wildman–Crippen LogP) is 4.04. The van der Waals surface area contributed by atoms with Gasteiger partial charge in [-0.05, 0) is 50.6 Å². The minimum absolute atomic E-state index is 0.0994. The number of benzene rings is 1. The van der Waals surface area contributed by atoms with Crippen molar-refractivity contribution in [2.45, 2.75) is 26.9 Å². The average molecular weight is 279 g/mol. The van der Waals surface area contributed by atoms with Gasteiger partial charge < -0.3 is 9.73 Å². The van der Waals surface area contributed by atoms with Crippen LogP contribution >= 0.6 is 0 Å². The van der Waals surface area contributed by atoms with Gasteiger partial charge in [-0.25, -0.2) is 4.68 Å². The molecule has 2 aromatic heterocycles. The first kappa shape index (κ1) is 12.3. The maximum atomic E-state index is 5.59. The van der Waals surface area contributed by atoms with Crippen molar-refractivity contribution in [2.24, 2.45) is 0 Å². The van der Waals surface area contributed by atoms with Gasteiger partial charge in [0, 0.05) is 11.3 Å². The summed E-state index contributed by atoms with van der Waals surface area (Å²) in [7, 11) is 0. The van der Waals surface area contributed by atoms with Crippen molar-refractivity contribution in [2.75, 3.05) is 5.32 Å². The molecule has 0 unspecified atom stereocenters. The van der Waals surface area contributed by atoms with Crippen LogP contribution in [0, 0.1) is 20.8 Å². The van der Waals surface area contributed by atoms with E-state index >= 15 is 0 Å². The second kappa shape index (κ2) is 4.25. The Morgan fingerprint density at radius 1 is 1.19 bits per heavy atom. The lowest BCUT2D eigenvalue weighted by atomic mass is 9.99. The second-order valence-electron chi connectivity index (χ2n) is 5.68. The number of aromatic nitrogens is 2. The Balaban J connectivity index is 1.98. The predicted molar refractivity (Wildman–Crippen MR) is 82.3 cm³/mol. The number of hydrogen-bond donors (Lipinski definition) is 1. The van der Waals surface area contributed by atoms with E-state index in [-0.39, 0.29) is 6.17 Å².